The van der Waals surface area contributed by atoms with Gasteiger partial charge in [-0.2, -0.15) is 0 Å². The van der Waals surface area contributed by atoms with Gasteiger partial charge >= 0.3 is 5.97 Å². The van der Waals surface area contributed by atoms with Gasteiger partial charge in [-0.15, -0.1) is 22.0 Å². The number of aromatic nitrogens is 2. The number of ether oxygens (including phenoxy) is 1. The maximum Gasteiger partial charge on any atom is 0.307 e. The molecule has 1 aliphatic heterocycles. The van der Waals surface area contributed by atoms with Crippen LogP contribution in [0.25, 0.3) is 11.5 Å². The van der Waals surface area contributed by atoms with Gasteiger partial charge in [0.1, 0.15) is 0 Å². The molecule has 0 spiro atoms. The second-order valence-electron chi connectivity index (χ2n) is 6.33. The summed E-state index contributed by atoms with van der Waals surface area (Å²) in [4.78, 5) is 25.3. The lowest BCUT2D eigenvalue weighted by Gasteiger charge is -2.23. The highest BCUT2D eigenvalue weighted by molar-refractivity contribution is 8.01. The SMILES string of the molecule is Cc1cccc(-c2nnc(COC(=O)C[C@H]3Sc4ccccc4NC3=O)o2)c1. The number of nitrogens with zero attached hydrogens (tertiary/aromatic N) is 2. The lowest BCUT2D eigenvalue weighted by atomic mass is 10.1. The van der Waals surface area contributed by atoms with Crippen LogP contribution in [-0.4, -0.2) is 27.3 Å². The molecule has 28 heavy (non-hydrogen) atoms. The van der Waals surface area contributed by atoms with Gasteiger partial charge in [0.05, 0.1) is 17.4 Å². The summed E-state index contributed by atoms with van der Waals surface area (Å²) < 4.78 is 10.8. The number of nitrogens with one attached hydrogen (secondary N) is 1. The fourth-order valence-electron chi connectivity index (χ4n) is 2.79. The molecule has 0 aliphatic carbocycles. The Morgan fingerprint density at radius 1 is 1.21 bits per heavy atom. The van der Waals surface area contributed by atoms with Crippen LogP contribution in [0.3, 0.4) is 0 Å². The van der Waals surface area contributed by atoms with Crippen molar-refractivity contribution in [3.63, 3.8) is 0 Å². The molecule has 1 amide bonds. The van der Waals surface area contributed by atoms with E-state index in [2.05, 4.69) is 15.5 Å². The number of amides is 1. The second-order valence-corrected chi connectivity index (χ2v) is 7.57. The molecule has 8 heteroatoms. The molecule has 4 rings (SSSR count). The zero-order valence-electron chi connectivity index (χ0n) is 15.0. The molecule has 1 aromatic heterocycles. The predicted molar refractivity (Wildman–Crippen MR) is 104 cm³/mol. The summed E-state index contributed by atoms with van der Waals surface area (Å²) in [6.45, 7) is 1.84. The monoisotopic (exact) mass is 395 g/mol. The largest absolute Gasteiger partial charge is 0.456 e. The zero-order chi connectivity index (χ0) is 19.5. The third kappa shape index (κ3) is 4.07. The maximum atomic E-state index is 12.2. The van der Waals surface area contributed by atoms with Gasteiger partial charge < -0.3 is 14.5 Å². The van der Waals surface area contributed by atoms with Crippen LogP contribution in [-0.2, 0) is 20.9 Å². The average Bonchev–Trinajstić information content (AvgIpc) is 3.16. The van der Waals surface area contributed by atoms with Gasteiger partial charge in [0.2, 0.25) is 11.8 Å². The van der Waals surface area contributed by atoms with Crippen molar-refractivity contribution in [2.45, 2.75) is 30.1 Å². The van der Waals surface area contributed by atoms with E-state index < -0.39 is 11.2 Å². The minimum Gasteiger partial charge on any atom is -0.456 e. The summed E-state index contributed by atoms with van der Waals surface area (Å²) in [5, 5.41) is 10.2. The van der Waals surface area contributed by atoms with Crippen LogP contribution in [0.5, 0.6) is 0 Å². The second kappa shape index (κ2) is 7.85. The molecule has 0 saturated carbocycles. The van der Waals surface area contributed by atoms with Crippen LogP contribution in [0, 0.1) is 6.92 Å². The Morgan fingerprint density at radius 3 is 2.93 bits per heavy atom. The summed E-state index contributed by atoms with van der Waals surface area (Å²) in [6, 6.07) is 15.1. The van der Waals surface area contributed by atoms with Crippen molar-refractivity contribution >= 4 is 29.3 Å². The summed E-state index contributed by atoms with van der Waals surface area (Å²) in [5.41, 5.74) is 2.64. The third-order valence-corrected chi connectivity index (χ3v) is 5.42. The van der Waals surface area contributed by atoms with Crippen LogP contribution in [0.4, 0.5) is 5.69 Å². The number of thioether (sulfide) groups is 1. The topological polar surface area (TPSA) is 94.3 Å². The van der Waals surface area contributed by atoms with Crippen molar-refractivity contribution in [1.82, 2.24) is 10.2 Å². The number of rotatable bonds is 5. The number of benzene rings is 2. The number of carbonyl (C=O) groups is 2. The number of esters is 1. The highest BCUT2D eigenvalue weighted by atomic mass is 32.2. The first kappa shape index (κ1) is 18.2. The Hall–Kier alpha value is -3.13. The smallest absolute Gasteiger partial charge is 0.307 e. The predicted octanol–water partition coefficient (Wildman–Crippen LogP) is 3.59. The molecule has 0 unspecified atom stereocenters. The summed E-state index contributed by atoms with van der Waals surface area (Å²) >= 11 is 1.35. The quantitative estimate of drug-likeness (QED) is 0.660. The van der Waals surface area contributed by atoms with Crippen molar-refractivity contribution in [3.8, 4) is 11.5 Å². The zero-order valence-corrected chi connectivity index (χ0v) is 15.9. The molecule has 142 valence electrons. The molecule has 0 bridgehead atoms. The summed E-state index contributed by atoms with van der Waals surface area (Å²) in [5.74, 6) is -0.132. The van der Waals surface area contributed by atoms with Gasteiger partial charge in [-0.1, -0.05) is 29.8 Å². The van der Waals surface area contributed by atoms with Crippen LogP contribution >= 0.6 is 11.8 Å². The molecule has 2 aromatic carbocycles. The Bertz CT molecular complexity index is 1030. The number of hydrogen-bond acceptors (Lipinski definition) is 7. The fraction of sp³-hybridized carbons (Fsp3) is 0.200. The van der Waals surface area contributed by atoms with Crippen LogP contribution in [0.2, 0.25) is 0 Å². The normalized spacial score (nSPS) is 15.6. The van der Waals surface area contributed by atoms with E-state index >= 15 is 0 Å². The molecule has 0 fully saturated rings. The minimum atomic E-state index is -0.534. The van der Waals surface area contributed by atoms with E-state index in [4.69, 9.17) is 9.15 Å². The van der Waals surface area contributed by atoms with Gasteiger partial charge in [-0.3, -0.25) is 9.59 Å². The Kier molecular flexibility index (Phi) is 5.12. The number of carbonyl (C=O) groups excluding carboxylic acids is 2. The first-order chi connectivity index (χ1) is 13.6. The standard InChI is InChI=1S/C20H17N3O4S/c1-12-5-4-6-13(9-12)20-23-22-17(27-20)11-26-18(24)10-16-19(25)21-14-7-2-3-8-15(14)28-16/h2-9,16H,10-11H2,1H3,(H,21,25)/t16-/m1/s1. The molecule has 7 nitrogen and oxygen atoms in total. The molecular weight excluding hydrogens is 378 g/mol. The number of hydrogen-bond donors (Lipinski definition) is 1. The van der Waals surface area contributed by atoms with Gasteiger partial charge in [0, 0.05) is 10.5 Å². The van der Waals surface area contributed by atoms with E-state index in [0.29, 0.717) is 5.89 Å². The van der Waals surface area contributed by atoms with Gasteiger partial charge in [-0.05, 0) is 31.2 Å². The van der Waals surface area contributed by atoms with E-state index in [1.807, 2.05) is 55.5 Å². The van der Waals surface area contributed by atoms with Crippen LogP contribution in [0.1, 0.15) is 17.9 Å². The highest BCUT2D eigenvalue weighted by Crippen LogP contribution is 2.36. The first-order valence-corrected chi connectivity index (χ1v) is 9.58. The van der Waals surface area contributed by atoms with Gasteiger partial charge in [-0.25, -0.2) is 0 Å². The average molecular weight is 395 g/mol. The number of fused-ring (bicyclic) bond motifs is 1. The molecule has 1 N–H and O–H groups in total. The molecular formula is C20H17N3O4S. The third-order valence-electron chi connectivity index (χ3n) is 4.15. The lowest BCUT2D eigenvalue weighted by Crippen LogP contribution is -2.31. The molecule has 1 aliphatic rings. The van der Waals surface area contributed by atoms with Crippen molar-refractivity contribution in [2.24, 2.45) is 0 Å². The number of para-hydroxylation sites is 1. The molecule has 2 heterocycles. The molecule has 1 atom stereocenters. The van der Waals surface area contributed by atoms with Crippen molar-refractivity contribution in [3.05, 3.63) is 60.0 Å². The number of anilines is 1. The Morgan fingerprint density at radius 2 is 2.07 bits per heavy atom. The minimum absolute atomic E-state index is 0.0380. The maximum absolute atomic E-state index is 12.2. The van der Waals surface area contributed by atoms with Gasteiger partial charge in [0.15, 0.2) is 6.61 Å². The van der Waals surface area contributed by atoms with E-state index in [1.54, 1.807) is 0 Å². The van der Waals surface area contributed by atoms with Crippen molar-refractivity contribution < 1.29 is 18.7 Å². The van der Waals surface area contributed by atoms with E-state index in [1.165, 1.54) is 11.8 Å². The van der Waals surface area contributed by atoms with Crippen LogP contribution in [0.15, 0.2) is 57.8 Å². The first-order valence-electron chi connectivity index (χ1n) is 8.70. The fourth-order valence-corrected chi connectivity index (χ4v) is 3.88. The van der Waals surface area contributed by atoms with Crippen LogP contribution < -0.4 is 5.32 Å². The summed E-state index contributed by atoms with van der Waals surface area (Å²) in [6.07, 6.45) is -0.0380. The van der Waals surface area contributed by atoms with Crippen molar-refractivity contribution in [2.75, 3.05) is 5.32 Å². The van der Waals surface area contributed by atoms with Gasteiger partial charge in [0.25, 0.3) is 5.89 Å². The molecule has 0 radical (unpaired) electrons. The Balaban J connectivity index is 1.33. The van der Waals surface area contributed by atoms with E-state index in [9.17, 15) is 9.59 Å². The number of aryl methyl sites for hydroxylation is 1. The van der Waals surface area contributed by atoms with Crippen molar-refractivity contribution in [1.29, 1.82) is 0 Å². The van der Waals surface area contributed by atoms with E-state index in [-0.39, 0.29) is 24.8 Å². The highest BCUT2D eigenvalue weighted by Gasteiger charge is 2.29. The Labute approximate surface area is 165 Å². The summed E-state index contributed by atoms with van der Waals surface area (Å²) in [7, 11) is 0. The molecule has 3 aromatic rings. The lowest BCUT2D eigenvalue weighted by molar-refractivity contribution is -0.146. The van der Waals surface area contributed by atoms with E-state index in [0.717, 1.165) is 21.7 Å². The molecule has 0 saturated heterocycles.